The first-order valence-corrected chi connectivity index (χ1v) is 7.24. The zero-order valence-corrected chi connectivity index (χ0v) is 11.7. The van der Waals surface area contributed by atoms with E-state index in [0.717, 1.165) is 24.0 Å². The van der Waals surface area contributed by atoms with Crippen LogP contribution in [0.4, 0.5) is 0 Å². The number of nitrogens with two attached hydrogens (primary N) is 1. The zero-order chi connectivity index (χ0) is 13.7. The third kappa shape index (κ3) is 4.06. The molecule has 1 amide bonds. The van der Waals surface area contributed by atoms with Gasteiger partial charge in [-0.05, 0) is 29.9 Å². The average Bonchev–Trinajstić information content (AvgIpc) is 2.45. The van der Waals surface area contributed by atoms with Gasteiger partial charge in [-0.15, -0.1) is 0 Å². The molecule has 104 valence electrons. The van der Waals surface area contributed by atoms with Gasteiger partial charge >= 0.3 is 0 Å². The Morgan fingerprint density at radius 1 is 1.26 bits per heavy atom. The third-order valence-corrected chi connectivity index (χ3v) is 4.03. The molecule has 3 N–H and O–H groups in total. The zero-order valence-electron chi connectivity index (χ0n) is 11.7. The minimum atomic E-state index is 0.215. The van der Waals surface area contributed by atoms with Crippen molar-refractivity contribution in [3.63, 3.8) is 0 Å². The Morgan fingerprint density at radius 2 is 1.95 bits per heavy atom. The molecule has 2 rings (SSSR count). The molecule has 0 aliphatic heterocycles. The molecule has 3 heteroatoms. The number of amides is 1. The number of carbonyl (C=O) groups excluding carboxylic acids is 1. The lowest BCUT2D eigenvalue weighted by atomic mass is 9.82. The molecule has 0 heterocycles. The van der Waals surface area contributed by atoms with Gasteiger partial charge in [0.15, 0.2) is 0 Å². The van der Waals surface area contributed by atoms with Crippen LogP contribution in [0.2, 0.25) is 0 Å². The van der Waals surface area contributed by atoms with Gasteiger partial charge in [-0.1, -0.05) is 44.0 Å². The molecule has 3 nitrogen and oxygen atoms in total. The van der Waals surface area contributed by atoms with Crippen molar-refractivity contribution in [2.24, 2.45) is 17.6 Å². The van der Waals surface area contributed by atoms with Crippen molar-refractivity contribution in [3.05, 3.63) is 35.4 Å². The number of carbonyl (C=O) groups is 1. The summed E-state index contributed by atoms with van der Waals surface area (Å²) in [6, 6.07) is 8.10. The Kier molecular flexibility index (Phi) is 4.97. The maximum Gasteiger partial charge on any atom is 0.223 e. The standard InChI is InChI=1S/C16H24N2O/c1-12-3-2-4-15(9-12)16(19)18-11-14-7-5-13(10-17)6-8-14/h5-8,12,15H,2-4,9-11,17H2,1H3,(H,18,19). The van der Waals surface area contributed by atoms with Crippen molar-refractivity contribution in [2.75, 3.05) is 0 Å². The van der Waals surface area contributed by atoms with Crippen LogP contribution in [-0.4, -0.2) is 5.91 Å². The molecule has 0 spiro atoms. The predicted octanol–water partition coefficient (Wildman–Crippen LogP) is 2.59. The van der Waals surface area contributed by atoms with Crippen LogP contribution in [0.3, 0.4) is 0 Å². The fourth-order valence-electron chi connectivity index (χ4n) is 2.80. The van der Waals surface area contributed by atoms with Crippen LogP contribution >= 0.6 is 0 Å². The number of rotatable bonds is 4. The Bertz CT molecular complexity index is 413. The number of hydrogen-bond donors (Lipinski definition) is 2. The SMILES string of the molecule is CC1CCCC(C(=O)NCc2ccc(CN)cc2)C1. The molecule has 2 unspecified atom stereocenters. The van der Waals surface area contributed by atoms with E-state index in [-0.39, 0.29) is 11.8 Å². The summed E-state index contributed by atoms with van der Waals surface area (Å²) < 4.78 is 0. The Hall–Kier alpha value is -1.35. The van der Waals surface area contributed by atoms with E-state index in [9.17, 15) is 4.79 Å². The molecule has 19 heavy (non-hydrogen) atoms. The number of nitrogens with one attached hydrogen (secondary N) is 1. The summed E-state index contributed by atoms with van der Waals surface area (Å²) in [5.41, 5.74) is 7.82. The second-order valence-corrected chi connectivity index (χ2v) is 5.71. The van der Waals surface area contributed by atoms with Crippen molar-refractivity contribution < 1.29 is 4.79 Å². The third-order valence-electron chi connectivity index (χ3n) is 4.03. The molecule has 1 aromatic rings. The van der Waals surface area contributed by atoms with E-state index in [0.29, 0.717) is 19.0 Å². The van der Waals surface area contributed by atoms with Crippen LogP contribution in [0.15, 0.2) is 24.3 Å². The molecule has 0 radical (unpaired) electrons. The summed E-state index contributed by atoms with van der Waals surface area (Å²) in [4.78, 5) is 12.1. The van der Waals surface area contributed by atoms with E-state index in [1.165, 1.54) is 12.8 Å². The van der Waals surface area contributed by atoms with Gasteiger partial charge in [0, 0.05) is 19.0 Å². The maximum absolute atomic E-state index is 12.1. The van der Waals surface area contributed by atoms with Crippen LogP contribution in [0.25, 0.3) is 0 Å². The van der Waals surface area contributed by atoms with E-state index in [1.807, 2.05) is 24.3 Å². The quantitative estimate of drug-likeness (QED) is 0.874. The molecule has 1 aliphatic carbocycles. The number of benzene rings is 1. The van der Waals surface area contributed by atoms with Crippen molar-refractivity contribution in [2.45, 2.75) is 45.7 Å². The van der Waals surface area contributed by atoms with Crippen LogP contribution in [0.5, 0.6) is 0 Å². The van der Waals surface area contributed by atoms with Crippen molar-refractivity contribution in [1.82, 2.24) is 5.32 Å². The normalized spacial score (nSPS) is 23.1. The smallest absolute Gasteiger partial charge is 0.223 e. The Labute approximate surface area is 115 Å². The molecular formula is C16H24N2O. The fraction of sp³-hybridized carbons (Fsp3) is 0.562. The molecular weight excluding hydrogens is 236 g/mol. The van der Waals surface area contributed by atoms with E-state index in [2.05, 4.69) is 12.2 Å². The molecule has 0 saturated heterocycles. The number of hydrogen-bond acceptors (Lipinski definition) is 2. The summed E-state index contributed by atoms with van der Waals surface area (Å²) in [5, 5.41) is 3.06. The lowest BCUT2D eigenvalue weighted by Gasteiger charge is -2.25. The molecule has 1 aliphatic rings. The lowest BCUT2D eigenvalue weighted by Crippen LogP contribution is -2.33. The van der Waals surface area contributed by atoms with Gasteiger partial charge in [-0.25, -0.2) is 0 Å². The van der Waals surface area contributed by atoms with Gasteiger partial charge in [0.05, 0.1) is 0 Å². The minimum absolute atomic E-state index is 0.215. The predicted molar refractivity (Wildman–Crippen MR) is 77.3 cm³/mol. The molecule has 2 atom stereocenters. The highest BCUT2D eigenvalue weighted by atomic mass is 16.1. The van der Waals surface area contributed by atoms with Crippen LogP contribution in [0.1, 0.15) is 43.7 Å². The van der Waals surface area contributed by atoms with E-state index >= 15 is 0 Å². The summed E-state index contributed by atoms with van der Waals surface area (Å²) in [5.74, 6) is 1.12. The van der Waals surface area contributed by atoms with Crippen LogP contribution < -0.4 is 11.1 Å². The Morgan fingerprint density at radius 3 is 2.58 bits per heavy atom. The largest absolute Gasteiger partial charge is 0.352 e. The highest BCUT2D eigenvalue weighted by Crippen LogP contribution is 2.28. The molecule has 0 bridgehead atoms. The summed E-state index contributed by atoms with van der Waals surface area (Å²) >= 11 is 0. The monoisotopic (exact) mass is 260 g/mol. The highest BCUT2D eigenvalue weighted by molar-refractivity contribution is 5.78. The molecule has 1 saturated carbocycles. The summed E-state index contributed by atoms with van der Waals surface area (Å²) in [7, 11) is 0. The van der Waals surface area contributed by atoms with Gasteiger partial charge in [0.2, 0.25) is 5.91 Å². The van der Waals surface area contributed by atoms with Crippen molar-refractivity contribution in [3.8, 4) is 0 Å². The minimum Gasteiger partial charge on any atom is -0.352 e. The van der Waals surface area contributed by atoms with Gasteiger partial charge in [-0.3, -0.25) is 4.79 Å². The summed E-state index contributed by atoms with van der Waals surface area (Å²) in [6.07, 6.45) is 4.54. The van der Waals surface area contributed by atoms with Crippen LogP contribution in [0, 0.1) is 11.8 Å². The Balaban J connectivity index is 1.82. The van der Waals surface area contributed by atoms with Gasteiger partial charge in [-0.2, -0.15) is 0 Å². The topological polar surface area (TPSA) is 55.1 Å². The van der Waals surface area contributed by atoms with E-state index < -0.39 is 0 Å². The van der Waals surface area contributed by atoms with E-state index in [4.69, 9.17) is 5.73 Å². The highest BCUT2D eigenvalue weighted by Gasteiger charge is 2.24. The molecule has 1 fully saturated rings. The maximum atomic E-state index is 12.1. The first kappa shape index (κ1) is 14.1. The van der Waals surface area contributed by atoms with Gasteiger partial charge in [0.25, 0.3) is 0 Å². The first-order valence-electron chi connectivity index (χ1n) is 7.24. The molecule has 0 aromatic heterocycles. The van der Waals surface area contributed by atoms with Crippen molar-refractivity contribution >= 4 is 5.91 Å². The first-order chi connectivity index (χ1) is 9.19. The van der Waals surface area contributed by atoms with Gasteiger partial charge in [0.1, 0.15) is 0 Å². The van der Waals surface area contributed by atoms with Gasteiger partial charge < -0.3 is 11.1 Å². The lowest BCUT2D eigenvalue weighted by molar-refractivity contribution is -0.126. The second-order valence-electron chi connectivity index (χ2n) is 5.71. The van der Waals surface area contributed by atoms with Crippen LogP contribution in [-0.2, 0) is 17.9 Å². The fourth-order valence-corrected chi connectivity index (χ4v) is 2.80. The second kappa shape index (κ2) is 6.71. The summed E-state index contributed by atoms with van der Waals surface area (Å²) in [6.45, 7) is 3.42. The molecule has 1 aromatic carbocycles. The van der Waals surface area contributed by atoms with E-state index in [1.54, 1.807) is 0 Å². The average molecular weight is 260 g/mol. The van der Waals surface area contributed by atoms with Crippen molar-refractivity contribution in [1.29, 1.82) is 0 Å².